The molecular formula is C27H23N3O4. The summed E-state index contributed by atoms with van der Waals surface area (Å²) in [4.78, 5) is 27.5. The Morgan fingerprint density at radius 3 is 2.50 bits per heavy atom. The van der Waals surface area contributed by atoms with Gasteiger partial charge in [-0.05, 0) is 37.1 Å². The lowest BCUT2D eigenvalue weighted by atomic mass is 9.86. The summed E-state index contributed by atoms with van der Waals surface area (Å²) >= 11 is 0. The number of aromatic carboxylic acids is 1. The Bertz CT molecular complexity index is 1450. The van der Waals surface area contributed by atoms with E-state index in [9.17, 15) is 14.7 Å². The second-order valence-electron chi connectivity index (χ2n) is 8.84. The smallest absolute Gasteiger partial charge is 0.335 e. The van der Waals surface area contributed by atoms with Gasteiger partial charge in [0.2, 0.25) is 0 Å². The highest BCUT2D eigenvalue weighted by molar-refractivity contribution is 6.28. The molecule has 1 fully saturated rings. The molecule has 1 aliphatic heterocycles. The molecule has 0 unspecified atom stereocenters. The number of carbonyl (C=O) groups is 2. The molecule has 7 nitrogen and oxygen atoms in total. The van der Waals surface area contributed by atoms with Crippen LogP contribution in [0.5, 0.6) is 0 Å². The second-order valence-corrected chi connectivity index (χ2v) is 8.84. The highest BCUT2D eigenvalue weighted by Gasteiger charge is 2.33. The Balaban J connectivity index is 1.58. The number of ketones is 1. The van der Waals surface area contributed by atoms with Crippen molar-refractivity contribution in [2.24, 2.45) is 0 Å². The van der Waals surface area contributed by atoms with Crippen LogP contribution >= 0.6 is 0 Å². The summed E-state index contributed by atoms with van der Waals surface area (Å²) in [6.07, 6.45) is 4.58. The average Bonchev–Trinajstić information content (AvgIpc) is 3.11. The zero-order valence-electron chi connectivity index (χ0n) is 18.5. The van der Waals surface area contributed by atoms with E-state index in [2.05, 4.69) is 15.4 Å². The van der Waals surface area contributed by atoms with Crippen molar-refractivity contribution in [3.63, 3.8) is 0 Å². The number of benzene rings is 3. The van der Waals surface area contributed by atoms with Crippen LogP contribution in [-0.2, 0) is 0 Å². The Labute approximate surface area is 196 Å². The first kappa shape index (κ1) is 20.5. The third-order valence-electron chi connectivity index (χ3n) is 6.71. The normalized spacial score (nSPS) is 15.2. The van der Waals surface area contributed by atoms with Gasteiger partial charge in [-0.3, -0.25) is 4.79 Å². The highest BCUT2D eigenvalue weighted by atomic mass is 16.5. The third-order valence-corrected chi connectivity index (χ3v) is 6.71. The van der Waals surface area contributed by atoms with Gasteiger partial charge in [0.05, 0.1) is 27.9 Å². The first-order valence-corrected chi connectivity index (χ1v) is 11.6. The van der Waals surface area contributed by atoms with Crippen LogP contribution in [0.25, 0.3) is 22.2 Å². The number of hydrogen-bond donors (Lipinski definition) is 2. The zero-order valence-corrected chi connectivity index (χ0v) is 18.5. The molecule has 0 saturated carbocycles. The fourth-order valence-corrected chi connectivity index (χ4v) is 5.08. The molecule has 1 saturated heterocycles. The molecule has 7 heteroatoms. The number of carbonyl (C=O) groups excluding carboxylic acids is 1. The largest absolute Gasteiger partial charge is 0.478 e. The topological polar surface area (TPSA) is 95.7 Å². The van der Waals surface area contributed by atoms with Crippen molar-refractivity contribution in [1.82, 2.24) is 5.16 Å². The molecule has 4 aromatic rings. The van der Waals surface area contributed by atoms with Gasteiger partial charge in [-0.15, -0.1) is 0 Å². The van der Waals surface area contributed by atoms with E-state index in [0.29, 0.717) is 39.2 Å². The van der Waals surface area contributed by atoms with Crippen molar-refractivity contribution in [2.75, 3.05) is 23.3 Å². The number of nitrogens with one attached hydrogen (secondary N) is 1. The van der Waals surface area contributed by atoms with E-state index in [0.717, 1.165) is 37.2 Å². The number of aromatic nitrogens is 1. The lowest BCUT2D eigenvalue weighted by Gasteiger charge is -2.26. The Morgan fingerprint density at radius 1 is 0.971 bits per heavy atom. The third kappa shape index (κ3) is 3.23. The van der Waals surface area contributed by atoms with Crippen LogP contribution < -0.4 is 10.2 Å². The minimum Gasteiger partial charge on any atom is -0.478 e. The molecule has 0 bridgehead atoms. The van der Waals surface area contributed by atoms with Crippen LogP contribution in [0.1, 0.15) is 52.0 Å². The summed E-state index contributed by atoms with van der Waals surface area (Å²) in [7, 11) is 0. The van der Waals surface area contributed by atoms with Crippen molar-refractivity contribution >= 4 is 39.7 Å². The summed E-state index contributed by atoms with van der Waals surface area (Å²) in [6.45, 7) is 1.82. The van der Waals surface area contributed by atoms with Crippen molar-refractivity contribution in [2.45, 2.75) is 25.7 Å². The summed E-state index contributed by atoms with van der Waals surface area (Å²) in [6, 6.07) is 16.0. The SMILES string of the molecule is O=C(O)c1cccc(Nc2cc(N3CCCCCC3)c3noc4c3c2C(=O)c2ccccc2-4)c1. The maximum absolute atomic E-state index is 13.7. The summed E-state index contributed by atoms with van der Waals surface area (Å²) in [5.41, 5.74) is 4.84. The van der Waals surface area contributed by atoms with E-state index < -0.39 is 5.97 Å². The quantitative estimate of drug-likeness (QED) is 0.352. The van der Waals surface area contributed by atoms with Gasteiger partial charge >= 0.3 is 5.97 Å². The van der Waals surface area contributed by atoms with Crippen LogP contribution in [0.3, 0.4) is 0 Å². The fourth-order valence-electron chi connectivity index (χ4n) is 5.08. The van der Waals surface area contributed by atoms with Gasteiger partial charge in [0.1, 0.15) is 5.52 Å². The summed E-state index contributed by atoms with van der Waals surface area (Å²) in [5, 5.41) is 17.9. The zero-order chi connectivity index (χ0) is 23.2. The van der Waals surface area contributed by atoms with E-state index in [1.807, 2.05) is 24.3 Å². The van der Waals surface area contributed by atoms with Gasteiger partial charge in [-0.1, -0.05) is 48.3 Å². The minimum atomic E-state index is -1.00. The second kappa shape index (κ2) is 8.02. The van der Waals surface area contributed by atoms with Crippen LogP contribution in [0.2, 0.25) is 0 Å². The predicted molar refractivity (Wildman–Crippen MR) is 130 cm³/mol. The predicted octanol–water partition coefficient (Wildman–Crippen LogP) is 5.86. The molecule has 0 amide bonds. The lowest BCUT2D eigenvalue weighted by molar-refractivity contribution is 0.0696. The minimum absolute atomic E-state index is 0.101. The van der Waals surface area contributed by atoms with Gasteiger partial charge < -0.3 is 19.8 Å². The standard InChI is InChI=1S/C27H23N3O4/c31-25-18-10-3-4-11-19(18)26-23-22(25)20(28-17-9-7-8-16(14-17)27(32)33)15-21(24(23)29-34-26)30-12-5-1-2-6-13-30/h3-4,7-11,14-15,28H,1-2,5-6,12-13H2,(H,32,33). The number of carboxylic acids is 1. The average molecular weight is 453 g/mol. The molecule has 34 heavy (non-hydrogen) atoms. The molecule has 6 rings (SSSR count). The molecule has 2 heterocycles. The van der Waals surface area contributed by atoms with Crippen LogP contribution in [0, 0.1) is 0 Å². The maximum Gasteiger partial charge on any atom is 0.335 e. The molecule has 2 aliphatic rings. The van der Waals surface area contributed by atoms with Crippen molar-refractivity contribution in [3.8, 4) is 11.3 Å². The monoisotopic (exact) mass is 453 g/mol. The van der Waals surface area contributed by atoms with Crippen molar-refractivity contribution in [3.05, 3.63) is 71.3 Å². The lowest BCUT2D eigenvalue weighted by Crippen LogP contribution is -2.24. The highest BCUT2D eigenvalue weighted by Crippen LogP contribution is 2.46. The Morgan fingerprint density at radius 2 is 1.74 bits per heavy atom. The molecule has 2 N–H and O–H groups in total. The summed E-state index contributed by atoms with van der Waals surface area (Å²) < 4.78 is 5.86. The molecular weight excluding hydrogens is 430 g/mol. The van der Waals surface area contributed by atoms with Crippen molar-refractivity contribution in [1.29, 1.82) is 0 Å². The number of rotatable bonds is 4. The maximum atomic E-state index is 13.7. The van der Waals surface area contributed by atoms with Gasteiger partial charge in [-0.2, -0.15) is 0 Å². The molecule has 1 aliphatic carbocycles. The summed E-state index contributed by atoms with van der Waals surface area (Å²) in [5.74, 6) is -0.508. The van der Waals surface area contributed by atoms with E-state index >= 15 is 0 Å². The molecule has 170 valence electrons. The van der Waals surface area contributed by atoms with Gasteiger partial charge in [0, 0.05) is 29.9 Å². The molecule has 1 aromatic heterocycles. The van der Waals surface area contributed by atoms with Crippen LogP contribution in [0.15, 0.2) is 59.1 Å². The Hall–Kier alpha value is -4.13. The molecule has 0 spiro atoms. The van der Waals surface area contributed by atoms with Gasteiger partial charge in [-0.25, -0.2) is 4.79 Å². The number of anilines is 3. The first-order chi connectivity index (χ1) is 16.6. The van der Waals surface area contributed by atoms with E-state index in [1.165, 1.54) is 12.8 Å². The number of hydrogen-bond acceptors (Lipinski definition) is 6. The van der Waals surface area contributed by atoms with E-state index in [4.69, 9.17) is 4.52 Å². The first-order valence-electron chi connectivity index (χ1n) is 11.6. The van der Waals surface area contributed by atoms with Crippen LogP contribution in [0.4, 0.5) is 17.1 Å². The molecule has 0 radical (unpaired) electrons. The number of carboxylic acid groups (broad SMARTS) is 1. The van der Waals surface area contributed by atoms with E-state index in [1.54, 1.807) is 30.3 Å². The molecule has 0 atom stereocenters. The number of nitrogens with zero attached hydrogens (tertiary/aromatic N) is 2. The van der Waals surface area contributed by atoms with Gasteiger partial charge in [0.25, 0.3) is 0 Å². The van der Waals surface area contributed by atoms with E-state index in [-0.39, 0.29) is 11.3 Å². The van der Waals surface area contributed by atoms with Crippen molar-refractivity contribution < 1.29 is 19.2 Å². The van der Waals surface area contributed by atoms with Crippen LogP contribution in [-0.4, -0.2) is 35.1 Å². The Kier molecular flexibility index (Phi) is 4.83. The van der Waals surface area contributed by atoms with Gasteiger partial charge in [0.15, 0.2) is 11.5 Å². The molecule has 3 aromatic carbocycles. The number of fused-ring (bicyclic) bond motifs is 2. The fraction of sp³-hybridized carbons (Fsp3) is 0.222.